The van der Waals surface area contributed by atoms with Gasteiger partial charge in [0.2, 0.25) is 0 Å². The first-order valence-corrected chi connectivity index (χ1v) is 3.69. The van der Waals surface area contributed by atoms with Crippen molar-refractivity contribution in [2.24, 2.45) is 10.7 Å². The molecule has 62 valence electrons. The number of allylic oxidation sites excluding steroid dienone is 2. The molecule has 0 aromatic rings. The van der Waals surface area contributed by atoms with Gasteiger partial charge < -0.3 is 5.73 Å². The van der Waals surface area contributed by atoms with Gasteiger partial charge in [-0.25, -0.2) is 0 Å². The molecule has 0 aliphatic rings. The predicted octanol–water partition coefficient (Wildman–Crippen LogP) is 1.88. The fraction of sp³-hybridized carbons (Fsp3) is 0.444. The molecule has 0 rings (SSSR count). The van der Waals surface area contributed by atoms with E-state index < -0.39 is 0 Å². The maximum Gasteiger partial charge on any atom is 0.0443 e. The quantitative estimate of drug-likeness (QED) is 0.486. The highest BCUT2D eigenvalue weighted by molar-refractivity contribution is 5.83. The number of hydrogen-bond donors (Lipinski definition) is 1. The van der Waals surface area contributed by atoms with E-state index >= 15 is 0 Å². The molecule has 2 nitrogen and oxygen atoms in total. The molecule has 0 heterocycles. The molecule has 0 radical (unpaired) electrons. The first-order valence-electron chi connectivity index (χ1n) is 3.69. The van der Waals surface area contributed by atoms with Crippen molar-refractivity contribution in [2.75, 3.05) is 0 Å². The van der Waals surface area contributed by atoms with Crippen LogP contribution >= 0.6 is 0 Å². The van der Waals surface area contributed by atoms with E-state index in [-0.39, 0.29) is 0 Å². The van der Waals surface area contributed by atoms with Gasteiger partial charge in [-0.3, -0.25) is 4.99 Å². The van der Waals surface area contributed by atoms with Gasteiger partial charge in [0, 0.05) is 24.0 Å². The molecule has 0 saturated heterocycles. The summed E-state index contributed by atoms with van der Waals surface area (Å²) >= 11 is 0. The van der Waals surface area contributed by atoms with Crippen molar-refractivity contribution in [3.05, 3.63) is 23.9 Å². The van der Waals surface area contributed by atoms with Crippen LogP contribution in [0.5, 0.6) is 0 Å². The number of hydrogen-bond acceptors (Lipinski definition) is 2. The number of nitrogens with zero attached hydrogens (tertiary/aromatic N) is 1. The first kappa shape index (κ1) is 9.95. The highest BCUT2D eigenvalue weighted by Crippen LogP contribution is 2.01. The number of aliphatic imine (C=N–C) groups is 1. The van der Waals surface area contributed by atoms with E-state index in [1.165, 1.54) is 6.20 Å². The van der Waals surface area contributed by atoms with Crippen LogP contribution in [0, 0.1) is 0 Å². The van der Waals surface area contributed by atoms with Crippen LogP contribution in [0.2, 0.25) is 0 Å². The Bertz CT molecular complexity index is 188. The molecule has 0 aromatic carbocycles. The second kappa shape index (κ2) is 4.72. The Labute approximate surface area is 68.5 Å². The molecule has 0 spiro atoms. The van der Waals surface area contributed by atoms with Crippen molar-refractivity contribution in [1.82, 2.24) is 0 Å². The van der Waals surface area contributed by atoms with Gasteiger partial charge in [-0.1, -0.05) is 6.58 Å². The molecule has 0 amide bonds. The van der Waals surface area contributed by atoms with Crippen LogP contribution in [0.4, 0.5) is 0 Å². The summed E-state index contributed by atoms with van der Waals surface area (Å²) in [6, 6.07) is 0.310. The highest BCUT2D eigenvalue weighted by Gasteiger charge is 1.92. The first-order chi connectivity index (χ1) is 5.07. The fourth-order valence-corrected chi connectivity index (χ4v) is 0.525. The molecule has 0 aliphatic heterocycles. The summed E-state index contributed by atoms with van der Waals surface area (Å²) in [5.41, 5.74) is 7.19. The standard InChI is InChI=1S/C9H16N2/c1-7(2)9(5-10)6-11-8(3)4/h5-6,8H,1,10H2,2-4H3. The summed E-state index contributed by atoms with van der Waals surface area (Å²) in [4.78, 5) is 4.18. The monoisotopic (exact) mass is 152 g/mol. The topological polar surface area (TPSA) is 38.4 Å². The van der Waals surface area contributed by atoms with Gasteiger partial charge in [0.1, 0.15) is 0 Å². The van der Waals surface area contributed by atoms with Gasteiger partial charge in [-0.05, 0) is 26.3 Å². The van der Waals surface area contributed by atoms with Crippen molar-refractivity contribution < 1.29 is 0 Å². The molecule has 0 saturated carbocycles. The average Bonchev–Trinajstić information content (AvgIpc) is 1.87. The zero-order chi connectivity index (χ0) is 8.85. The second-order valence-corrected chi connectivity index (χ2v) is 2.77. The number of rotatable bonds is 3. The van der Waals surface area contributed by atoms with Crippen molar-refractivity contribution >= 4 is 6.21 Å². The van der Waals surface area contributed by atoms with Gasteiger partial charge in [0.25, 0.3) is 0 Å². The molecule has 0 atom stereocenters. The van der Waals surface area contributed by atoms with E-state index in [9.17, 15) is 0 Å². The molecular formula is C9H16N2. The Morgan fingerprint density at radius 2 is 2.09 bits per heavy atom. The molecule has 2 N–H and O–H groups in total. The van der Waals surface area contributed by atoms with E-state index in [1.807, 2.05) is 20.8 Å². The van der Waals surface area contributed by atoms with Gasteiger partial charge >= 0.3 is 0 Å². The lowest BCUT2D eigenvalue weighted by Crippen LogP contribution is -1.95. The lowest BCUT2D eigenvalue weighted by atomic mass is 10.2. The van der Waals surface area contributed by atoms with Crippen LogP contribution in [0.1, 0.15) is 20.8 Å². The van der Waals surface area contributed by atoms with Crippen LogP contribution in [0.3, 0.4) is 0 Å². The maximum atomic E-state index is 5.35. The van der Waals surface area contributed by atoms with E-state index in [1.54, 1.807) is 6.21 Å². The molecule has 0 unspecified atom stereocenters. The molecule has 0 aliphatic carbocycles. The predicted molar refractivity (Wildman–Crippen MR) is 50.7 cm³/mol. The third kappa shape index (κ3) is 4.37. The molecule has 2 heteroatoms. The lowest BCUT2D eigenvalue weighted by Gasteiger charge is -1.99. The summed E-state index contributed by atoms with van der Waals surface area (Å²) < 4.78 is 0. The smallest absolute Gasteiger partial charge is 0.0443 e. The molecule has 0 fully saturated rings. The summed E-state index contributed by atoms with van der Waals surface area (Å²) in [6.07, 6.45) is 3.28. The summed E-state index contributed by atoms with van der Waals surface area (Å²) in [7, 11) is 0. The van der Waals surface area contributed by atoms with Crippen molar-refractivity contribution in [2.45, 2.75) is 26.8 Å². The summed E-state index contributed by atoms with van der Waals surface area (Å²) in [5, 5.41) is 0. The SMILES string of the molecule is C=C(C)C(C=NC(C)C)=CN. The normalized spacial score (nSPS) is 12.9. The summed E-state index contributed by atoms with van der Waals surface area (Å²) in [5.74, 6) is 0. The lowest BCUT2D eigenvalue weighted by molar-refractivity contribution is 0.841. The Morgan fingerprint density at radius 3 is 2.36 bits per heavy atom. The van der Waals surface area contributed by atoms with E-state index in [0.717, 1.165) is 11.1 Å². The van der Waals surface area contributed by atoms with Gasteiger partial charge in [-0.2, -0.15) is 0 Å². The van der Waals surface area contributed by atoms with Crippen LogP contribution in [0.25, 0.3) is 0 Å². The van der Waals surface area contributed by atoms with Gasteiger partial charge in [0.05, 0.1) is 0 Å². The van der Waals surface area contributed by atoms with Crippen molar-refractivity contribution in [1.29, 1.82) is 0 Å². The zero-order valence-electron chi connectivity index (χ0n) is 7.46. The second-order valence-electron chi connectivity index (χ2n) is 2.77. The van der Waals surface area contributed by atoms with Gasteiger partial charge in [0.15, 0.2) is 0 Å². The Kier molecular flexibility index (Phi) is 4.27. The fourth-order valence-electron chi connectivity index (χ4n) is 0.525. The third-order valence-corrected chi connectivity index (χ3v) is 1.18. The summed E-state index contributed by atoms with van der Waals surface area (Å²) in [6.45, 7) is 9.71. The molecular weight excluding hydrogens is 136 g/mol. The minimum absolute atomic E-state index is 0.310. The van der Waals surface area contributed by atoms with E-state index in [4.69, 9.17) is 5.73 Å². The average molecular weight is 152 g/mol. The Hall–Kier alpha value is -1.05. The Balaban J connectivity index is 4.22. The highest BCUT2D eigenvalue weighted by atomic mass is 14.7. The van der Waals surface area contributed by atoms with E-state index in [0.29, 0.717) is 6.04 Å². The number of nitrogens with two attached hydrogens (primary N) is 1. The van der Waals surface area contributed by atoms with E-state index in [2.05, 4.69) is 11.6 Å². The van der Waals surface area contributed by atoms with Crippen LogP contribution < -0.4 is 5.73 Å². The largest absolute Gasteiger partial charge is 0.404 e. The Morgan fingerprint density at radius 1 is 1.55 bits per heavy atom. The van der Waals surface area contributed by atoms with Crippen molar-refractivity contribution in [3.8, 4) is 0 Å². The molecule has 11 heavy (non-hydrogen) atoms. The van der Waals surface area contributed by atoms with Crippen LogP contribution in [0.15, 0.2) is 28.9 Å². The zero-order valence-corrected chi connectivity index (χ0v) is 7.46. The minimum Gasteiger partial charge on any atom is -0.404 e. The minimum atomic E-state index is 0.310. The maximum absolute atomic E-state index is 5.35. The molecule has 0 aromatic heterocycles. The third-order valence-electron chi connectivity index (χ3n) is 1.18. The van der Waals surface area contributed by atoms with Crippen LogP contribution in [-0.4, -0.2) is 12.3 Å². The van der Waals surface area contributed by atoms with Crippen LogP contribution in [-0.2, 0) is 0 Å². The van der Waals surface area contributed by atoms with Crippen molar-refractivity contribution in [3.63, 3.8) is 0 Å². The molecule has 0 bridgehead atoms. The van der Waals surface area contributed by atoms with Gasteiger partial charge in [-0.15, -0.1) is 0 Å².